The van der Waals surface area contributed by atoms with Crippen LogP contribution in [0.3, 0.4) is 0 Å². The minimum absolute atomic E-state index is 0.299. The Hall–Kier alpha value is -1.06. The fourth-order valence-electron chi connectivity index (χ4n) is 1.05. The van der Waals surface area contributed by atoms with Gasteiger partial charge in [0.25, 0.3) is 0 Å². The van der Waals surface area contributed by atoms with Gasteiger partial charge in [-0.1, -0.05) is 17.7 Å². The summed E-state index contributed by atoms with van der Waals surface area (Å²) in [5, 5.41) is 0. The molecule has 0 amide bonds. The summed E-state index contributed by atoms with van der Waals surface area (Å²) in [6, 6.07) is 3.70. The zero-order valence-electron chi connectivity index (χ0n) is 6.95. The molecule has 1 aromatic rings. The fraction of sp³-hybridized carbons (Fsp3) is 0.333. The van der Waals surface area contributed by atoms with E-state index in [0.29, 0.717) is 5.56 Å². The van der Waals surface area contributed by atoms with Crippen LogP contribution in [0.5, 0.6) is 0 Å². The second kappa shape index (κ2) is 3.36. The van der Waals surface area contributed by atoms with E-state index < -0.39 is 18.4 Å². The highest BCUT2D eigenvalue weighted by molar-refractivity contribution is 5.24. The number of alkyl halides is 3. The van der Waals surface area contributed by atoms with Crippen molar-refractivity contribution in [1.82, 2.24) is 0 Å². The monoisotopic (exact) mass is 192 g/mol. The molecular weight excluding hydrogens is 184 g/mol. The van der Waals surface area contributed by atoms with Crippen molar-refractivity contribution in [2.45, 2.75) is 19.5 Å². The maximum Gasteiger partial charge on any atom is 0.393 e. The molecule has 0 saturated carbocycles. The summed E-state index contributed by atoms with van der Waals surface area (Å²) in [5.74, 6) is -0.803. The van der Waals surface area contributed by atoms with Crippen molar-refractivity contribution >= 4 is 0 Å². The topological polar surface area (TPSA) is 0 Å². The first-order valence-electron chi connectivity index (χ1n) is 3.70. The molecule has 0 aliphatic rings. The molecule has 0 N–H and O–H groups in total. The average Bonchev–Trinajstić information content (AvgIpc) is 1.94. The Morgan fingerprint density at radius 2 is 1.85 bits per heavy atom. The zero-order valence-corrected chi connectivity index (χ0v) is 6.95. The molecule has 0 aliphatic heterocycles. The van der Waals surface area contributed by atoms with Gasteiger partial charge in [-0.3, -0.25) is 0 Å². The van der Waals surface area contributed by atoms with Crippen molar-refractivity contribution in [3.8, 4) is 0 Å². The molecule has 0 aromatic heterocycles. The first-order chi connectivity index (χ1) is 5.88. The summed E-state index contributed by atoms with van der Waals surface area (Å²) in [7, 11) is 0. The molecule has 0 nitrogen and oxygen atoms in total. The quantitative estimate of drug-likeness (QED) is 0.599. The molecule has 0 fully saturated rings. The maximum atomic E-state index is 12.8. The van der Waals surface area contributed by atoms with Gasteiger partial charge in [-0.2, -0.15) is 13.2 Å². The van der Waals surface area contributed by atoms with Gasteiger partial charge in [-0.15, -0.1) is 0 Å². The van der Waals surface area contributed by atoms with Gasteiger partial charge in [-0.05, 0) is 18.6 Å². The Balaban J connectivity index is 2.94. The highest BCUT2D eigenvalue weighted by atomic mass is 19.4. The summed E-state index contributed by atoms with van der Waals surface area (Å²) < 4.78 is 48.5. The molecule has 0 spiro atoms. The smallest absolute Gasteiger partial charge is 0.207 e. The molecular formula is C9H8F4. The average molecular weight is 192 g/mol. The Labute approximate surface area is 73.2 Å². The lowest BCUT2D eigenvalue weighted by Crippen LogP contribution is -2.12. The van der Waals surface area contributed by atoms with Crippen LogP contribution in [0, 0.1) is 12.7 Å². The Kier molecular flexibility index (Phi) is 2.59. The summed E-state index contributed by atoms with van der Waals surface area (Å²) >= 11 is 0. The third kappa shape index (κ3) is 3.05. The molecule has 1 rings (SSSR count). The SMILES string of the molecule is Cc1ccc(F)c(CC(F)(F)F)c1. The molecule has 0 unspecified atom stereocenters. The molecule has 1 aromatic carbocycles. The van der Waals surface area contributed by atoms with Crippen molar-refractivity contribution in [2.75, 3.05) is 0 Å². The lowest BCUT2D eigenvalue weighted by atomic mass is 10.1. The van der Waals surface area contributed by atoms with Crippen molar-refractivity contribution in [3.05, 3.63) is 35.1 Å². The minimum atomic E-state index is -4.35. The van der Waals surface area contributed by atoms with Gasteiger partial charge < -0.3 is 0 Å². The van der Waals surface area contributed by atoms with Gasteiger partial charge >= 0.3 is 6.18 Å². The predicted octanol–water partition coefficient (Wildman–Crippen LogP) is 3.24. The lowest BCUT2D eigenvalue weighted by molar-refractivity contribution is -0.127. The second-order valence-corrected chi connectivity index (χ2v) is 2.89. The molecule has 0 radical (unpaired) electrons. The van der Waals surface area contributed by atoms with E-state index in [9.17, 15) is 17.6 Å². The molecule has 0 bridgehead atoms. The van der Waals surface area contributed by atoms with Crippen LogP contribution in [-0.4, -0.2) is 6.18 Å². The van der Waals surface area contributed by atoms with E-state index in [4.69, 9.17) is 0 Å². The molecule has 0 saturated heterocycles. The number of aryl methyl sites for hydroxylation is 1. The predicted molar refractivity (Wildman–Crippen MR) is 40.9 cm³/mol. The van der Waals surface area contributed by atoms with Crippen LogP contribution in [-0.2, 0) is 6.42 Å². The molecule has 4 heteroatoms. The first kappa shape index (κ1) is 10.0. The van der Waals surface area contributed by atoms with E-state index in [1.54, 1.807) is 6.92 Å². The minimum Gasteiger partial charge on any atom is -0.207 e. The number of hydrogen-bond acceptors (Lipinski definition) is 0. The largest absolute Gasteiger partial charge is 0.393 e. The maximum absolute atomic E-state index is 12.8. The normalized spacial score (nSPS) is 11.8. The summed E-state index contributed by atoms with van der Waals surface area (Å²) in [6.07, 6.45) is -5.56. The van der Waals surface area contributed by atoms with Crippen LogP contribution in [0.4, 0.5) is 17.6 Å². The van der Waals surface area contributed by atoms with Gasteiger partial charge in [-0.25, -0.2) is 4.39 Å². The van der Waals surface area contributed by atoms with Crippen LogP contribution in [0.2, 0.25) is 0 Å². The molecule has 72 valence electrons. The van der Waals surface area contributed by atoms with Gasteiger partial charge in [0.2, 0.25) is 0 Å². The van der Waals surface area contributed by atoms with Crippen LogP contribution in [0.15, 0.2) is 18.2 Å². The number of benzene rings is 1. The summed E-state index contributed by atoms with van der Waals surface area (Å²) in [6.45, 7) is 1.62. The van der Waals surface area contributed by atoms with Crippen LogP contribution < -0.4 is 0 Å². The van der Waals surface area contributed by atoms with Gasteiger partial charge in [0.15, 0.2) is 0 Å². The first-order valence-corrected chi connectivity index (χ1v) is 3.70. The van der Waals surface area contributed by atoms with Crippen molar-refractivity contribution in [3.63, 3.8) is 0 Å². The fourth-order valence-corrected chi connectivity index (χ4v) is 1.05. The number of halogens is 4. The Morgan fingerprint density at radius 1 is 1.23 bits per heavy atom. The Bertz CT molecular complexity index is 301. The van der Waals surface area contributed by atoms with Gasteiger partial charge in [0.1, 0.15) is 5.82 Å². The number of hydrogen-bond donors (Lipinski definition) is 0. The van der Waals surface area contributed by atoms with Gasteiger partial charge in [0, 0.05) is 0 Å². The van der Waals surface area contributed by atoms with Gasteiger partial charge in [0.05, 0.1) is 6.42 Å². The van der Waals surface area contributed by atoms with E-state index in [1.165, 1.54) is 12.1 Å². The van der Waals surface area contributed by atoms with E-state index in [1.807, 2.05) is 0 Å². The van der Waals surface area contributed by atoms with E-state index in [-0.39, 0.29) is 5.56 Å². The third-order valence-corrected chi connectivity index (χ3v) is 1.59. The molecule has 0 heterocycles. The highest BCUT2D eigenvalue weighted by Crippen LogP contribution is 2.23. The summed E-state index contributed by atoms with van der Waals surface area (Å²) in [5.41, 5.74) is 0.327. The molecule has 0 atom stereocenters. The lowest BCUT2D eigenvalue weighted by Gasteiger charge is -2.07. The van der Waals surface area contributed by atoms with Crippen molar-refractivity contribution in [2.24, 2.45) is 0 Å². The highest BCUT2D eigenvalue weighted by Gasteiger charge is 2.28. The van der Waals surface area contributed by atoms with Crippen LogP contribution in [0.1, 0.15) is 11.1 Å². The van der Waals surface area contributed by atoms with Crippen molar-refractivity contribution in [1.29, 1.82) is 0 Å². The standard InChI is InChI=1S/C9H8F4/c1-6-2-3-8(10)7(4-6)5-9(11,12)13/h2-4H,5H2,1H3. The van der Waals surface area contributed by atoms with Crippen LogP contribution >= 0.6 is 0 Å². The third-order valence-electron chi connectivity index (χ3n) is 1.59. The molecule has 13 heavy (non-hydrogen) atoms. The summed E-state index contributed by atoms with van der Waals surface area (Å²) in [4.78, 5) is 0. The van der Waals surface area contributed by atoms with Crippen LogP contribution in [0.25, 0.3) is 0 Å². The molecule has 0 aliphatic carbocycles. The van der Waals surface area contributed by atoms with E-state index >= 15 is 0 Å². The van der Waals surface area contributed by atoms with E-state index in [0.717, 1.165) is 6.07 Å². The van der Waals surface area contributed by atoms with Crippen molar-refractivity contribution < 1.29 is 17.6 Å². The second-order valence-electron chi connectivity index (χ2n) is 2.89. The zero-order chi connectivity index (χ0) is 10.1. The Morgan fingerprint density at radius 3 is 2.38 bits per heavy atom. The van der Waals surface area contributed by atoms with E-state index in [2.05, 4.69) is 0 Å². The number of rotatable bonds is 1.